The highest BCUT2D eigenvalue weighted by Crippen LogP contribution is 2.42. The lowest BCUT2D eigenvalue weighted by atomic mass is 9.93. The molecule has 0 spiro atoms. The SMILES string of the molecule is COc1ccc(-c2nc(C3(O)CCNCC3)sc2-c2ccnc(N[C@@H](C)c3ccccc3)n2)cc1. The molecule has 5 rings (SSSR count). The Bertz CT molecular complexity index is 1270. The van der Waals surface area contributed by atoms with Crippen molar-refractivity contribution in [3.8, 4) is 27.6 Å². The minimum absolute atomic E-state index is 0.0555. The molecule has 2 aromatic heterocycles. The Labute approximate surface area is 209 Å². The van der Waals surface area contributed by atoms with Crippen molar-refractivity contribution in [1.29, 1.82) is 0 Å². The van der Waals surface area contributed by atoms with Gasteiger partial charge in [-0.1, -0.05) is 30.3 Å². The molecule has 8 heteroatoms. The van der Waals surface area contributed by atoms with Gasteiger partial charge in [-0.25, -0.2) is 15.0 Å². The second-order valence-electron chi connectivity index (χ2n) is 8.75. The van der Waals surface area contributed by atoms with Crippen molar-refractivity contribution in [2.24, 2.45) is 0 Å². The summed E-state index contributed by atoms with van der Waals surface area (Å²) in [4.78, 5) is 15.2. The molecule has 0 amide bonds. The molecule has 4 aromatic rings. The fourth-order valence-corrected chi connectivity index (χ4v) is 5.47. The molecule has 1 fully saturated rings. The van der Waals surface area contributed by atoms with E-state index in [0.29, 0.717) is 18.8 Å². The molecule has 3 heterocycles. The highest BCUT2D eigenvalue weighted by Gasteiger charge is 2.35. The summed E-state index contributed by atoms with van der Waals surface area (Å²) in [6.07, 6.45) is 3.03. The maximum atomic E-state index is 11.4. The van der Waals surface area contributed by atoms with E-state index in [1.54, 1.807) is 13.3 Å². The number of methoxy groups -OCH3 is 1. The molecule has 0 unspecified atom stereocenters. The van der Waals surface area contributed by atoms with Crippen LogP contribution in [0.25, 0.3) is 21.8 Å². The normalized spacial score (nSPS) is 16.0. The number of anilines is 1. The summed E-state index contributed by atoms with van der Waals surface area (Å²) in [5.41, 5.74) is 2.75. The van der Waals surface area contributed by atoms with Gasteiger partial charge in [0.1, 0.15) is 16.4 Å². The van der Waals surface area contributed by atoms with Crippen LogP contribution in [0.4, 0.5) is 5.95 Å². The molecule has 0 bridgehead atoms. The highest BCUT2D eigenvalue weighted by molar-refractivity contribution is 7.15. The van der Waals surface area contributed by atoms with Gasteiger partial charge >= 0.3 is 0 Å². The monoisotopic (exact) mass is 487 g/mol. The molecule has 0 saturated carbocycles. The Morgan fingerprint density at radius 2 is 1.77 bits per heavy atom. The third-order valence-corrected chi connectivity index (χ3v) is 7.62. The van der Waals surface area contributed by atoms with Crippen molar-refractivity contribution in [3.05, 3.63) is 77.4 Å². The Balaban J connectivity index is 1.53. The van der Waals surface area contributed by atoms with Crippen molar-refractivity contribution in [2.45, 2.75) is 31.4 Å². The number of aromatic nitrogens is 3. The van der Waals surface area contributed by atoms with E-state index in [-0.39, 0.29) is 6.04 Å². The lowest BCUT2D eigenvalue weighted by molar-refractivity contribution is 0.00582. The predicted octanol–water partition coefficient (Wildman–Crippen LogP) is 5.02. The first kappa shape index (κ1) is 23.4. The van der Waals surface area contributed by atoms with Crippen molar-refractivity contribution in [2.75, 3.05) is 25.5 Å². The van der Waals surface area contributed by atoms with Crippen LogP contribution in [0, 0.1) is 0 Å². The molecule has 1 saturated heterocycles. The van der Waals surface area contributed by atoms with E-state index in [2.05, 4.69) is 34.7 Å². The van der Waals surface area contributed by atoms with Gasteiger partial charge in [0, 0.05) is 11.8 Å². The van der Waals surface area contributed by atoms with Crippen LogP contribution in [-0.4, -0.2) is 40.3 Å². The van der Waals surface area contributed by atoms with E-state index in [1.807, 2.05) is 48.5 Å². The number of hydrogen-bond donors (Lipinski definition) is 3. The fourth-order valence-electron chi connectivity index (χ4n) is 4.26. The van der Waals surface area contributed by atoms with Gasteiger partial charge in [-0.3, -0.25) is 0 Å². The second-order valence-corrected chi connectivity index (χ2v) is 9.75. The Kier molecular flexibility index (Phi) is 6.77. The number of thiazole rings is 1. The van der Waals surface area contributed by atoms with Crippen LogP contribution in [0.1, 0.15) is 36.4 Å². The largest absolute Gasteiger partial charge is 0.497 e. The summed E-state index contributed by atoms with van der Waals surface area (Å²) >= 11 is 1.51. The summed E-state index contributed by atoms with van der Waals surface area (Å²) in [6.45, 7) is 3.62. The van der Waals surface area contributed by atoms with Crippen molar-refractivity contribution < 1.29 is 9.84 Å². The summed E-state index contributed by atoms with van der Waals surface area (Å²) in [6, 6.07) is 20.0. The minimum Gasteiger partial charge on any atom is -0.497 e. The second kappa shape index (κ2) is 10.1. The van der Waals surface area contributed by atoms with E-state index in [0.717, 1.165) is 51.2 Å². The Morgan fingerprint density at radius 3 is 2.49 bits per heavy atom. The number of ether oxygens (including phenoxy) is 1. The van der Waals surface area contributed by atoms with Gasteiger partial charge in [0.2, 0.25) is 5.95 Å². The summed E-state index contributed by atoms with van der Waals surface area (Å²) in [5.74, 6) is 1.33. The molecule has 3 N–H and O–H groups in total. The fraction of sp³-hybridized carbons (Fsp3) is 0.296. The Hall–Kier alpha value is -3.33. The van der Waals surface area contributed by atoms with Gasteiger partial charge in [0.05, 0.1) is 29.4 Å². The number of benzene rings is 2. The maximum Gasteiger partial charge on any atom is 0.223 e. The van der Waals surface area contributed by atoms with E-state index < -0.39 is 5.60 Å². The average Bonchev–Trinajstić information content (AvgIpc) is 3.36. The van der Waals surface area contributed by atoms with Crippen LogP contribution >= 0.6 is 11.3 Å². The molecule has 180 valence electrons. The van der Waals surface area contributed by atoms with Gasteiger partial charge in [-0.05, 0) is 68.8 Å². The topological polar surface area (TPSA) is 92.2 Å². The van der Waals surface area contributed by atoms with Gasteiger partial charge in [-0.15, -0.1) is 11.3 Å². The maximum absolute atomic E-state index is 11.4. The van der Waals surface area contributed by atoms with Crippen LogP contribution < -0.4 is 15.4 Å². The van der Waals surface area contributed by atoms with Crippen LogP contribution in [0.2, 0.25) is 0 Å². The summed E-state index contributed by atoms with van der Waals surface area (Å²) < 4.78 is 5.33. The molecule has 0 aliphatic carbocycles. The van der Waals surface area contributed by atoms with Crippen molar-refractivity contribution >= 4 is 17.3 Å². The lowest BCUT2D eigenvalue weighted by Gasteiger charge is -2.30. The van der Waals surface area contributed by atoms with E-state index in [9.17, 15) is 5.11 Å². The standard InChI is InChI=1S/C27H29N5O2S/c1-18(19-6-4-3-5-7-19)30-26-29-15-12-22(31-26)24-23(20-8-10-21(34-2)11-9-20)32-25(35-24)27(33)13-16-28-17-14-27/h3-12,15,18,28,33H,13-14,16-17H2,1-2H3,(H,29,30,31)/t18-/m0/s1. The molecule has 1 aliphatic heterocycles. The zero-order valence-corrected chi connectivity index (χ0v) is 20.7. The summed E-state index contributed by atoms with van der Waals surface area (Å²) in [7, 11) is 1.65. The van der Waals surface area contributed by atoms with Crippen LogP contribution in [-0.2, 0) is 5.60 Å². The van der Waals surface area contributed by atoms with Gasteiger partial charge in [-0.2, -0.15) is 0 Å². The number of hydrogen-bond acceptors (Lipinski definition) is 8. The molecule has 2 aromatic carbocycles. The predicted molar refractivity (Wildman–Crippen MR) is 140 cm³/mol. The van der Waals surface area contributed by atoms with Crippen molar-refractivity contribution in [3.63, 3.8) is 0 Å². The molecule has 0 radical (unpaired) electrons. The molecular formula is C27H29N5O2S. The average molecular weight is 488 g/mol. The summed E-state index contributed by atoms with van der Waals surface area (Å²) in [5, 5.41) is 18.9. The van der Waals surface area contributed by atoms with E-state index in [4.69, 9.17) is 14.7 Å². The van der Waals surface area contributed by atoms with Crippen LogP contribution in [0.15, 0.2) is 66.9 Å². The van der Waals surface area contributed by atoms with E-state index in [1.165, 1.54) is 11.3 Å². The Morgan fingerprint density at radius 1 is 1.03 bits per heavy atom. The van der Waals surface area contributed by atoms with Gasteiger partial charge in [0.25, 0.3) is 0 Å². The lowest BCUT2D eigenvalue weighted by Crippen LogP contribution is -2.39. The number of aliphatic hydroxyl groups is 1. The first-order valence-corrected chi connectivity index (χ1v) is 12.6. The molecule has 35 heavy (non-hydrogen) atoms. The number of rotatable bonds is 7. The third-order valence-electron chi connectivity index (χ3n) is 6.35. The number of piperidine rings is 1. The van der Waals surface area contributed by atoms with Gasteiger partial charge < -0.3 is 20.5 Å². The van der Waals surface area contributed by atoms with E-state index >= 15 is 0 Å². The molecule has 7 nitrogen and oxygen atoms in total. The molecule has 1 aliphatic rings. The molecular weight excluding hydrogens is 458 g/mol. The minimum atomic E-state index is -0.939. The smallest absolute Gasteiger partial charge is 0.223 e. The van der Waals surface area contributed by atoms with Crippen molar-refractivity contribution in [1.82, 2.24) is 20.3 Å². The molecule has 1 atom stereocenters. The third kappa shape index (κ3) is 5.05. The first-order valence-electron chi connectivity index (χ1n) is 11.8. The van der Waals surface area contributed by atoms with Crippen LogP contribution in [0.5, 0.6) is 5.75 Å². The quantitative estimate of drug-likeness (QED) is 0.337. The first-order chi connectivity index (χ1) is 17.1. The van der Waals surface area contributed by atoms with Crippen LogP contribution in [0.3, 0.4) is 0 Å². The zero-order valence-electron chi connectivity index (χ0n) is 19.9. The highest BCUT2D eigenvalue weighted by atomic mass is 32.1. The number of nitrogens with zero attached hydrogens (tertiary/aromatic N) is 3. The zero-order chi connectivity index (χ0) is 24.3. The van der Waals surface area contributed by atoms with Gasteiger partial charge in [0.15, 0.2) is 0 Å². The number of nitrogens with one attached hydrogen (secondary N) is 2.